The maximum absolute atomic E-state index is 13.7. The molecule has 19 heavy (non-hydrogen) atoms. The lowest BCUT2D eigenvalue weighted by atomic mass is 10.1. The molecule has 2 aromatic carbocycles. The van der Waals surface area contributed by atoms with Crippen LogP contribution in [0.5, 0.6) is 11.5 Å². The van der Waals surface area contributed by atoms with E-state index >= 15 is 0 Å². The van der Waals surface area contributed by atoms with Crippen LogP contribution in [0, 0.1) is 12.7 Å². The van der Waals surface area contributed by atoms with Gasteiger partial charge in [-0.3, -0.25) is 0 Å². The van der Waals surface area contributed by atoms with Crippen LogP contribution in [-0.4, -0.2) is 5.11 Å². The van der Waals surface area contributed by atoms with Crippen LogP contribution in [0.2, 0.25) is 5.02 Å². The first-order valence-corrected chi connectivity index (χ1v) is 6.27. The highest BCUT2D eigenvalue weighted by Gasteiger charge is 2.16. The fourth-order valence-corrected chi connectivity index (χ4v) is 1.98. The molecule has 0 spiro atoms. The summed E-state index contributed by atoms with van der Waals surface area (Å²) in [5.74, 6) is 0.202. The predicted octanol–water partition coefficient (Wildman–Crippen LogP) is 4.63. The number of rotatable bonds is 3. The number of benzene rings is 2. The van der Waals surface area contributed by atoms with Crippen LogP contribution in [0.15, 0.2) is 36.4 Å². The minimum atomic E-state index is -0.959. The molecule has 0 amide bonds. The summed E-state index contributed by atoms with van der Waals surface area (Å²) >= 11 is 6.04. The van der Waals surface area contributed by atoms with E-state index in [0.717, 1.165) is 5.56 Å². The zero-order valence-electron chi connectivity index (χ0n) is 10.7. The van der Waals surface area contributed by atoms with Gasteiger partial charge in [0.05, 0.1) is 16.7 Å². The zero-order chi connectivity index (χ0) is 14.0. The summed E-state index contributed by atoms with van der Waals surface area (Å²) in [5, 5.41) is 10.1. The average molecular weight is 281 g/mol. The van der Waals surface area contributed by atoms with E-state index in [1.165, 1.54) is 19.1 Å². The van der Waals surface area contributed by atoms with Gasteiger partial charge < -0.3 is 9.84 Å². The molecule has 2 rings (SSSR count). The molecule has 1 N–H and O–H groups in total. The maximum Gasteiger partial charge on any atom is 0.146 e. The first kappa shape index (κ1) is 13.8. The highest BCUT2D eigenvalue weighted by Crippen LogP contribution is 2.35. The minimum absolute atomic E-state index is 0.125. The Hall–Kier alpha value is -1.58. The van der Waals surface area contributed by atoms with Crippen LogP contribution in [-0.2, 0) is 0 Å². The average Bonchev–Trinajstić information content (AvgIpc) is 2.33. The maximum atomic E-state index is 13.7. The van der Waals surface area contributed by atoms with E-state index in [2.05, 4.69) is 0 Å². The fraction of sp³-hybridized carbons (Fsp3) is 0.200. The summed E-state index contributed by atoms with van der Waals surface area (Å²) in [6.07, 6.45) is -0.959. The highest BCUT2D eigenvalue weighted by atomic mass is 35.5. The number of hydrogen-bond acceptors (Lipinski definition) is 2. The van der Waals surface area contributed by atoms with Gasteiger partial charge in [-0.15, -0.1) is 0 Å². The summed E-state index contributed by atoms with van der Waals surface area (Å²) in [6, 6.07) is 9.75. The van der Waals surface area contributed by atoms with Crippen molar-refractivity contribution >= 4 is 11.6 Å². The second-order valence-corrected chi connectivity index (χ2v) is 4.77. The Morgan fingerprint density at radius 2 is 1.95 bits per heavy atom. The van der Waals surface area contributed by atoms with Gasteiger partial charge in [-0.25, -0.2) is 4.39 Å². The molecular formula is C15H14ClFO2. The van der Waals surface area contributed by atoms with Crippen molar-refractivity contribution in [1.29, 1.82) is 0 Å². The van der Waals surface area contributed by atoms with Crippen molar-refractivity contribution in [3.05, 3.63) is 58.4 Å². The summed E-state index contributed by atoms with van der Waals surface area (Å²) in [5.41, 5.74) is 1.11. The lowest BCUT2D eigenvalue weighted by Crippen LogP contribution is -2.00. The third-order valence-electron chi connectivity index (χ3n) is 2.74. The molecule has 2 nitrogen and oxygen atoms in total. The Bertz CT molecular complexity index is 597. The summed E-state index contributed by atoms with van der Waals surface area (Å²) in [6.45, 7) is 3.40. The standard InChI is InChI=1S/C15H14ClFO2/c1-9-6-7-11(16)14(8-9)19-13-5-3-4-12(17)15(13)10(2)18/h3-8,10,18H,1-2H3/t10-/m1/s1. The monoisotopic (exact) mass is 280 g/mol. The first-order chi connectivity index (χ1) is 8.99. The van der Waals surface area contributed by atoms with E-state index in [9.17, 15) is 9.50 Å². The number of hydrogen-bond donors (Lipinski definition) is 1. The van der Waals surface area contributed by atoms with Gasteiger partial charge >= 0.3 is 0 Å². The summed E-state index contributed by atoms with van der Waals surface area (Å²) in [4.78, 5) is 0. The number of aliphatic hydroxyl groups excluding tert-OH is 1. The molecule has 4 heteroatoms. The Kier molecular flexibility index (Phi) is 4.08. The second-order valence-electron chi connectivity index (χ2n) is 4.36. The molecule has 2 aromatic rings. The number of ether oxygens (including phenoxy) is 1. The molecule has 0 saturated carbocycles. The van der Waals surface area contributed by atoms with Crippen molar-refractivity contribution in [2.75, 3.05) is 0 Å². The molecule has 0 bridgehead atoms. The zero-order valence-corrected chi connectivity index (χ0v) is 11.4. The quantitative estimate of drug-likeness (QED) is 0.888. The van der Waals surface area contributed by atoms with Crippen molar-refractivity contribution in [2.45, 2.75) is 20.0 Å². The lowest BCUT2D eigenvalue weighted by Gasteiger charge is -2.15. The van der Waals surface area contributed by atoms with E-state index in [0.29, 0.717) is 10.8 Å². The number of aliphatic hydroxyl groups is 1. The summed E-state index contributed by atoms with van der Waals surface area (Å²) < 4.78 is 19.3. The van der Waals surface area contributed by atoms with Crippen molar-refractivity contribution < 1.29 is 14.2 Å². The van der Waals surface area contributed by atoms with Crippen LogP contribution in [0.3, 0.4) is 0 Å². The molecule has 1 atom stereocenters. The SMILES string of the molecule is Cc1ccc(Cl)c(Oc2cccc(F)c2[C@@H](C)O)c1. The minimum Gasteiger partial charge on any atom is -0.455 e. The Morgan fingerprint density at radius 1 is 1.21 bits per heavy atom. The molecule has 0 saturated heterocycles. The van der Waals surface area contributed by atoms with E-state index in [1.54, 1.807) is 18.2 Å². The van der Waals surface area contributed by atoms with Gasteiger partial charge in [-0.1, -0.05) is 23.7 Å². The molecular weight excluding hydrogens is 267 g/mol. The Labute approximate surface area is 116 Å². The third-order valence-corrected chi connectivity index (χ3v) is 3.05. The second kappa shape index (κ2) is 5.59. The molecule has 0 fully saturated rings. The molecule has 0 unspecified atom stereocenters. The van der Waals surface area contributed by atoms with E-state index in [1.807, 2.05) is 13.0 Å². The van der Waals surface area contributed by atoms with Crippen molar-refractivity contribution in [1.82, 2.24) is 0 Å². The fourth-order valence-electron chi connectivity index (χ4n) is 1.82. The van der Waals surface area contributed by atoms with Gasteiger partial charge in [0.2, 0.25) is 0 Å². The molecule has 100 valence electrons. The van der Waals surface area contributed by atoms with E-state index in [4.69, 9.17) is 16.3 Å². The van der Waals surface area contributed by atoms with Gasteiger partial charge in [-0.2, -0.15) is 0 Å². The van der Waals surface area contributed by atoms with Gasteiger partial charge in [0.15, 0.2) is 0 Å². The van der Waals surface area contributed by atoms with E-state index < -0.39 is 11.9 Å². The molecule has 0 aliphatic carbocycles. The van der Waals surface area contributed by atoms with E-state index in [-0.39, 0.29) is 11.3 Å². The summed E-state index contributed by atoms with van der Waals surface area (Å²) in [7, 11) is 0. The smallest absolute Gasteiger partial charge is 0.146 e. The molecule has 0 radical (unpaired) electrons. The highest BCUT2D eigenvalue weighted by molar-refractivity contribution is 6.32. The van der Waals surface area contributed by atoms with Crippen molar-refractivity contribution in [2.24, 2.45) is 0 Å². The first-order valence-electron chi connectivity index (χ1n) is 5.89. The van der Waals surface area contributed by atoms with Gasteiger partial charge in [0, 0.05) is 0 Å². The van der Waals surface area contributed by atoms with Crippen LogP contribution >= 0.6 is 11.6 Å². The normalized spacial score (nSPS) is 12.3. The molecule has 0 heterocycles. The largest absolute Gasteiger partial charge is 0.455 e. The molecule has 0 aliphatic heterocycles. The Morgan fingerprint density at radius 3 is 2.63 bits per heavy atom. The molecule has 0 aliphatic rings. The van der Waals surface area contributed by atoms with Gasteiger partial charge in [0.1, 0.15) is 17.3 Å². The van der Waals surface area contributed by atoms with Crippen molar-refractivity contribution in [3.8, 4) is 11.5 Å². The van der Waals surface area contributed by atoms with Crippen LogP contribution in [0.4, 0.5) is 4.39 Å². The predicted molar refractivity (Wildman–Crippen MR) is 73.3 cm³/mol. The Balaban J connectivity index is 2.44. The molecule has 0 aromatic heterocycles. The lowest BCUT2D eigenvalue weighted by molar-refractivity contribution is 0.190. The topological polar surface area (TPSA) is 29.5 Å². The van der Waals surface area contributed by atoms with Gasteiger partial charge in [-0.05, 0) is 43.7 Å². The number of aryl methyl sites for hydroxylation is 1. The van der Waals surface area contributed by atoms with Crippen LogP contribution in [0.1, 0.15) is 24.2 Å². The van der Waals surface area contributed by atoms with Crippen molar-refractivity contribution in [3.63, 3.8) is 0 Å². The van der Waals surface area contributed by atoms with Crippen LogP contribution < -0.4 is 4.74 Å². The van der Waals surface area contributed by atoms with Gasteiger partial charge in [0.25, 0.3) is 0 Å². The third kappa shape index (κ3) is 3.06. The van der Waals surface area contributed by atoms with Crippen LogP contribution in [0.25, 0.3) is 0 Å². The number of halogens is 2.